The molecule has 2 N–H and O–H groups in total. The first kappa shape index (κ1) is 21.6. The van der Waals surface area contributed by atoms with Crippen LogP contribution in [0.1, 0.15) is 52.6 Å². The molecule has 3 aromatic rings. The summed E-state index contributed by atoms with van der Waals surface area (Å²) < 4.78 is 0. The van der Waals surface area contributed by atoms with Crippen molar-refractivity contribution in [2.45, 2.75) is 6.04 Å². The van der Waals surface area contributed by atoms with Crippen molar-refractivity contribution in [3.05, 3.63) is 117 Å². The van der Waals surface area contributed by atoms with Crippen LogP contribution < -0.4 is 10.3 Å². The van der Waals surface area contributed by atoms with E-state index in [2.05, 4.69) is 10.3 Å². The van der Waals surface area contributed by atoms with Gasteiger partial charge < -0.3 is 5.32 Å². The number of carbonyl (C=O) groups is 4. The average molecular weight is 640 g/mol. The van der Waals surface area contributed by atoms with Crippen LogP contribution in [0.4, 0.5) is 11.4 Å². The summed E-state index contributed by atoms with van der Waals surface area (Å²) in [7, 11) is 0. The summed E-state index contributed by atoms with van der Waals surface area (Å²) in [4.78, 5) is 56.3. The molecule has 6 nitrogen and oxygen atoms in total. The minimum absolute atomic E-state index is 0. The van der Waals surface area contributed by atoms with Gasteiger partial charge >= 0.3 is 0 Å². The number of Topliss-reactive ketones (excluding diaryl/α,β-unsaturated/α-hetero) is 2. The van der Waals surface area contributed by atoms with Crippen molar-refractivity contribution in [1.29, 1.82) is 0 Å². The number of rotatable bonds is 0. The molecule has 7 rings (SSSR count). The summed E-state index contributed by atoms with van der Waals surface area (Å²) in [5, 5.41) is 3.34. The second kappa shape index (κ2) is 7.52. The minimum atomic E-state index is -0.572. The zero-order valence-corrected chi connectivity index (χ0v) is 20.1. The molecule has 1 heterocycles. The fourth-order valence-corrected chi connectivity index (χ4v) is 5.29. The number of nitrogens with one attached hydrogen (secondary N) is 2. The Balaban J connectivity index is 0.00000229. The third-order valence-electron chi connectivity index (χ3n) is 6.89. The van der Waals surface area contributed by atoms with Crippen LogP contribution in [0.2, 0.25) is 0 Å². The molecule has 1 aliphatic heterocycles. The first-order valence-electron chi connectivity index (χ1n) is 10.9. The number of benzene rings is 3. The fourth-order valence-electron chi connectivity index (χ4n) is 5.29. The Bertz CT molecular complexity index is 1660. The molecule has 3 aromatic carbocycles. The van der Waals surface area contributed by atoms with Crippen molar-refractivity contribution in [3.63, 3.8) is 0 Å². The van der Waals surface area contributed by atoms with Crippen LogP contribution in [0.15, 0.2) is 84.0 Å². The summed E-state index contributed by atoms with van der Waals surface area (Å²) in [6, 6.07) is 16.4. The van der Waals surface area contributed by atoms with Gasteiger partial charge in [0.1, 0.15) is 17.3 Å². The second-order valence-corrected chi connectivity index (χ2v) is 8.64. The normalized spacial score (nSPS) is 18.7. The van der Waals surface area contributed by atoms with Crippen molar-refractivity contribution in [3.8, 4) is 0 Å². The Kier molecular flexibility index (Phi) is 4.63. The van der Waals surface area contributed by atoms with E-state index < -0.39 is 6.04 Å². The molecule has 1 atom stereocenters. The predicted molar refractivity (Wildman–Crippen MR) is 124 cm³/mol. The van der Waals surface area contributed by atoms with Gasteiger partial charge in [-0.25, -0.2) is 4.99 Å². The molecule has 0 spiro atoms. The number of ketones is 4. The summed E-state index contributed by atoms with van der Waals surface area (Å²) >= 11 is 0. The van der Waals surface area contributed by atoms with Crippen LogP contribution in [0.25, 0.3) is 0 Å². The van der Waals surface area contributed by atoms with Gasteiger partial charge in [-0.2, -0.15) is 0 Å². The second-order valence-electron chi connectivity index (χ2n) is 8.64. The molecule has 7 heteroatoms. The number of anilines is 1. The molecule has 4 aliphatic rings. The molecule has 1 radical (unpaired) electrons. The molecule has 171 valence electrons. The molecule has 0 saturated heterocycles. The first-order valence-corrected chi connectivity index (χ1v) is 10.9. The van der Waals surface area contributed by atoms with Gasteiger partial charge in [-0.1, -0.05) is 48.5 Å². The van der Waals surface area contributed by atoms with Crippen LogP contribution in [0, 0.1) is 0 Å². The van der Waals surface area contributed by atoms with E-state index in [0.29, 0.717) is 61.6 Å². The van der Waals surface area contributed by atoms with E-state index in [1.54, 1.807) is 72.8 Å². The third kappa shape index (κ3) is 2.79. The van der Waals surface area contributed by atoms with Crippen molar-refractivity contribution in [2.24, 2.45) is 0 Å². The molecule has 1 unspecified atom stereocenters. The van der Waals surface area contributed by atoms with Gasteiger partial charge in [0.15, 0.2) is 17.3 Å². The van der Waals surface area contributed by atoms with Gasteiger partial charge in [0.2, 0.25) is 17.2 Å². The quantitative estimate of drug-likeness (QED) is 0.288. The molecule has 0 saturated carbocycles. The minimum Gasteiger partial charge on any atom is -0.364 e. The Hall–Kier alpha value is -3.97. The van der Waals surface area contributed by atoms with Crippen LogP contribution in [-0.4, -0.2) is 34.9 Å². The fraction of sp³-hybridized carbons (Fsp3) is 0.0357. The van der Waals surface area contributed by atoms with Gasteiger partial charge in [0.05, 0.1) is 0 Å². The van der Waals surface area contributed by atoms with Gasteiger partial charge in [-0.05, 0) is 18.2 Å². The largest absolute Gasteiger partial charge is 0.364 e. The van der Waals surface area contributed by atoms with E-state index in [4.69, 9.17) is 0 Å². The molecule has 35 heavy (non-hydrogen) atoms. The first-order chi connectivity index (χ1) is 16.5. The van der Waals surface area contributed by atoms with Crippen LogP contribution in [-0.2, 0) is 22.4 Å². The zero-order chi connectivity index (χ0) is 23.1. The summed E-state index contributed by atoms with van der Waals surface area (Å²) in [6.45, 7) is 0. The molecule has 0 fully saturated rings. The zero-order valence-electron chi connectivity index (χ0n) is 17.9. The number of carbonyl (C=O) groups excluding carboxylic acids is 4. The van der Waals surface area contributed by atoms with Crippen molar-refractivity contribution in [2.75, 3.05) is 5.32 Å². The van der Waals surface area contributed by atoms with Crippen molar-refractivity contribution < 1.29 is 46.6 Å². The van der Waals surface area contributed by atoms with Crippen molar-refractivity contribution >= 4 is 40.2 Å². The Labute approximate surface area is 215 Å². The third-order valence-corrected chi connectivity index (χ3v) is 6.89. The summed E-state index contributed by atoms with van der Waals surface area (Å²) in [5.41, 5.74) is 4.68. The van der Waals surface area contributed by atoms with E-state index in [-0.39, 0.29) is 45.5 Å². The number of allylic oxidation sites excluding steroid dienone is 2. The topological polar surface area (TPSA) is 94.3 Å². The molecular weight excluding hydrogens is 625 g/mol. The molecule has 0 aromatic heterocycles. The monoisotopic (exact) mass is 640 g/mol. The number of hydrogen-bond donors (Lipinski definition) is 2. The van der Waals surface area contributed by atoms with Crippen LogP contribution >= 0.6 is 0 Å². The summed E-state index contributed by atoms with van der Waals surface area (Å²) in [6.07, 6.45) is 3.40. The standard InChI is InChI=1S/C28H14N2O4.Au/c31-25-13-5-1-3-7-15(13)27(33)21-17(25)9-11-19-23(21)29-20-12-10-18-22(24(20)30-19)28(34)16-8-4-2-6-14(16)26(18)32;/h1-12,23,29H;/p+1. The number of hydrogen-bond acceptors (Lipinski definition) is 5. The molecule has 0 amide bonds. The molecular formula is C28H15AuN2O4+. The van der Waals surface area contributed by atoms with E-state index in [9.17, 15) is 19.2 Å². The van der Waals surface area contributed by atoms with Gasteiger partial charge in [0.25, 0.3) is 0 Å². The molecule has 0 bridgehead atoms. The van der Waals surface area contributed by atoms with Crippen LogP contribution in [0.5, 0.6) is 0 Å². The van der Waals surface area contributed by atoms with Crippen LogP contribution in [0.3, 0.4) is 0 Å². The Morgan fingerprint density at radius 1 is 0.629 bits per heavy atom. The van der Waals surface area contributed by atoms with Gasteiger partial charge in [-0.15, -0.1) is 0 Å². The average Bonchev–Trinajstić information content (AvgIpc) is 2.88. The SMILES string of the molecule is O=C1C2=C(C(=O)c3ccccc31)C1Nc3ccc4c(c3[NH+]=C1C=C2)C(=O)c1ccccc1C4=O.[Au]. The molecule has 3 aliphatic carbocycles. The van der Waals surface area contributed by atoms with Gasteiger partial charge in [0, 0.05) is 67.4 Å². The van der Waals surface area contributed by atoms with E-state index >= 15 is 0 Å². The van der Waals surface area contributed by atoms with E-state index in [1.807, 2.05) is 0 Å². The maximum atomic E-state index is 13.4. The maximum absolute atomic E-state index is 13.4. The number of fused-ring (bicyclic) bond motifs is 7. The van der Waals surface area contributed by atoms with E-state index in [0.717, 1.165) is 0 Å². The smallest absolute Gasteiger partial charge is 0.239 e. The van der Waals surface area contributed by atoms with Gasteiger partial charge in [-0.3, -0.25) is 19.2 Å². The Morgan fingerprint density at radius 3 is 1.91 bits per heavy atom. The maximum Gasteiger partial charge on any atom is 0.239 e. The van der Waals surface area contributed by atoms with E-state index in [1.165, 1.54) is 0 Å². The predicted octanol–water partition coefficient (Wildman–Crippen LogP) is 2.35. The summed E-state index contributed by atoms with van der Waals surface area (Å²) in [5.74, 6) is -0.812. The van der Waals surface area contributed by atoms with Crippen molar-refractivity contribution in [1.82, 2.24) is 0 Å². The Morgan fingerprint density at radius 2 is 1.23 bits per heavy atom.